The van der Waals surface area contributed by atoms with Gasteiger partial charge in [0.15, 0.2) is 0 Å². The molecule has 0 atom stereocenters. The Balaban J connectivity index is 1.91. The van der Waals surface area contributed by atoms with Crippen molar-refractivity contribution >= 4 is 22.5 Å². The Morgan fingerprint density at radius 3 is 2.82 bits per heavy atom. The Morgan fingerprint density at radius 2 is 1.95 bits per heavy atom. The van der Waals surface area contributed by atoms with Gasteiger partial charge in [0.25, 0.3) is 0 Å². The van der Waals surface area contributed by atoms with E-state index in [9.17, 15) is 0 Å². The molecule has 0 saturated heterocycles. The second kappa shape index (κ2) is 5.00. The van der Waals surface area contributed by atoms with Crippen molar-refractivity contribution < 1.29 is 0 Å². The fraction of sp³-hybridized carbons (Fsp3) is 0.0588. The number of nitrogens with zero attached hydrogens (tertiary/aromatic N) is 2. The van der Waals surface area contributed by atoms with E-state index in [1.54, 1.807) is 0 Å². The maximum Gasteiger partial charge on any atom is 0.104 e. The number of imidazole rings is 1. The molecule has 4 nitrogen and oxygen atoms in total. The highest BCUT2D eigenvalue weighted by molar-refractivity contribution is 6.30. The van der Waals surface area contributed by atoms with Crippen molar-refractivity contribution in [3.63, 3.8) is 0 Å². The molecule has 0 aliphatic carbocycles. The van der Waals surface area contributed by atoms with Gasteiger partial charge in [-0.25, -0.2) is 4.98 Å². The van der Waals surface area contributed by atoms with Gasteiger partial charge in [-0.05, 0) is 25.1 Å². The summed E-state index contributed by atoms with van der Waals surface area (Å²) in [5.74, 6) is 0.870. The van der Waals surface area contributed by atoms with E-state index < -0.39 is 0 Å². The molecule has 0 radical (unpaired) electrons. The van der Waals surface area contributed by atoms with Crippen molar-refractivity contribution in [1.82, 2.24) is 20.2 Å². The summed E-state index contributed by atoms with van der Waals surface area (Å²) in [7, 11) is 0. The van der Waals surface area contributed by atoms with Crippen LogP contribution in [0.4, 0.5) is 0 Å². The highest BCUT2D eigenvalue weighted by Crippen LogP contribution is 2.32. The first kappa shape index (κ1) is 13.1. The van der Waals surface area contributed by atoms with Crippen LogP contribution in [0.5, 0.6) is 0 Å². The fourth-order valence-electron chi connectivity index (χ4n) is 2.64. The van der Waals surface area contributed by atoms with Crippen molar-refractivity contribution in [3.8, 4) is 22.5 Å². The molecule has 0 aliphatic rings. The summed E-state index contributed by atoms with van der Waals surface area (Å²) >= 11 is 6.11. The summed E-state index contributed by atoms with van der Waals surface area (Å²) in [5, 5.41) is 8.85. The van der Waals surface area contributed by atoms with Crippen LogP contribution in [0, 0.1) is 6.92 Å². The van der Waals surface area contributed by atoms with E-state index in [1.807, 2.05) is 43.5 Å². The zero-order valence-electron chi connectivity index (χ0n) is 11.9. The molecule has 0 aliphatic heterocycles. The number of halogens is 1. The van der Waals surface area contributed by atoms with Crippen LogP contribution >= 0.6 is 11.6 Å². The van der Waals surface area contributed by atoms with Gasteiger partial charge in [0, 0.05) is 21.5 Å². The lowest BCUT2D eigenvalue weighted by Crippen LogP contribution is -1.84. The number of aromatic amines is 2. The van der Waals surface area contributed by atoms with Crippen molar-refractivity contribution in [2.75, 3.05) is 0 Å². The average Bonchev–Trinajstić information content (AvgIpc) is 3.12. The van der Waals surface area contributed by atoms with Crippen LogP contribution in [0.3, 0.4) is 0 Å². The number of fused-ring (bicyclic) bond motifs is 1. The van der Waals surface area contributed by atoms with E-state index in [0.717, 1.165) is 39.2 Å². The van der Waals surface area contributed by atoms with Gasteiger partial charge in [0.1, 0.15) is 5.82 Å². The molecule has 2 aromatic heterocycles. The topological polar surface area (TPSA) is 57.4 Å². The van der Waals surface area contributed by atoms with E-state index in [1.165, 1.54) is 0 Å². The molecule has 0 spiro atoms. The summed E-state index contributed by atoms with van der Waals surface area (Å²) in [6, 6.07) is 13.9. The van der Waals surface area contributed by atoms with Gasteiger partial charge in [-0.3, -0.25) is 5.10 Å². The van der Waals surface area contributed by atoms with Crippen LogP contribution in [-0.4, -0.2) is 20.2 Å². The molecule has 0 bridgehead atoms. The van der Waals surface area contributed by atoms with Crippen LogP contribution < -0.4 is 0 Å². The van der Waals surface area contributed by atoms with Crippen LogP contribution in [0.15, 0.2) is 48.7 Å². The van der Waals surface area contributed by atoms with Gasteiger partial charge in [0.05, 0.1) is 23.1 Å². The number of benzene rings is 2. The van der Waals surface area contributed by atoms with Gasteiger partial charge in [-0.2, -0.15) is 5.10 Å². The van der Waals surface area contributed by atoms with Gasteiger partial charge in [-0.15, -0.1) is 0 Å². The maximum absolute atomic E-state index is 6.11. The molecule has 2 N–H and O–H groups in total. The first-order valence-corrected chi connectivity index (χ1v) is 7.34. The second-order valence-electron chi connectivity index (χ2n) is 5.23. The quantitative estimate of drug-likeness (QED) is 0.569. The third-order valence-corrected chi connectivity index (χ3v) is 3.89. The summed E-state index contributed by atoms with van der Waals surface area (Å²) < 4.78 is 0. The van der Waals surface area contributed by atoms with Gasteiger partial charge in [-0.1, -0.05) is 35.9 Å². The minimum absolute atomic E-state index is 0.702. The molecular formula is C17H13ClN4. The molecule has 108 valence electrons. The predicted molar refractivity (Wildman–Crippen MR) is 88.9 cm³/mol. The van der Waals surface area contributed by atoms with E-state index in [2.05, 4.69) is 32.3 Å². The molecule has 0 saturated carbocycles. The highest BCUT2D eigenvalue weighted by Gasteiger charge is 2.13. The molecule has 2 aromatic carbocycles. The first-order valence-electron chi connectivity index (χ1n) is 6.97. The first-order chi connectivity index (χ1) is 10.7. The van der Waals surface area contributed by atoms with Gasteiger partial charge in [0.2, 0.25) is 0 Å². The van der Waals surface area contributed by atoms with E-state index in [-0.39, 0.29) is 0 Å². The molecule has 2 heterocycles. The van der Waals surface area contributed by atoms with Crippen LogP contribution in [0.25, 0.3) is 33.4 Å². The standard InChI is InChI=1S/C17H13ClN4/c1-10-20-16(11-3-2-4-14(18)7-11)17(21-10)12-5-6-13-9-19-22-15(13)8-12/h2-9H,1H3,(H,19,22)(H,20,21). The lowest BCUT2D eigenvalue weighted by Gasteiger charge is -2.04. The monoisotopic (exact) mass is 308 g/mol. The molecule has 4 aromatic rings. The van der Waals surface area contributed by atoms with Gasteiger partial charge < -0.3 is 4.98 Å². The minimum Gasteiger partial charge on any atom is -0.342 e. The number of aryl methyl sites for hydroxylation is 1. The summed E-state index contributed by atoms with van der Waals surface area (Å²) in [6.45, 7) is 1.95. The molecule has 4 rings (SSSR count). The van der Waals surface area contributed by atoms with Crippen molar-refractivity contribution in [2.45, 2.75) is 6.92 Å². The molecule has 5 heteroatoms. The largest absolute Gasteiger partial charge is 0.342 e. The fourth-order valence-corrected chi connectivity index (χ4v) is 2.83. The third-order valence-electron chi connectivity index (χ3n) is 3.65. The zero-order valence-corrected chi connectivity index (χ0v) is 12.6. The zero-order chi connectivity index (χ0) is 15.1. The Labute approximate surface area is 132 Å². The normalized spacial score (nSPS) is 11.2. The number of aromatic nitrogens is 4. The van der Waals surface area contributed by atoms with Crippen LogP contribution in [-0.2, 0) is 0 Å². The Hall–Kier alpha value is -2.59. The van der Waals surface area contributed by atoms with E-state index >= 15 is 0 Å². The Kier molecular flexibility index (Phi) is 2.98. The number of H-pyrrole nitrogens is 2. The molecule has 22 heavy (non-hydrogen) atoms. The molecular weight excluding hydrogens is 296 g/mol. The summed E-state index contributed by atoms with van der Waals surface area (Å²) in [6.07, 6.45) is 1.81. The van der Waals surface area contributed by atoms with Crippen molar-refractivity contribution in [1.29, 1.82) is 0 Å². The highest BCUT2D eigenvalue weighted by atomic mass is 35.5. The Morgan fingerprint density at radius 1 is 1.05 bits per heavy atom. The third kappa shape index (κ3) is 2.18. The number of hydrogen-bond acceptors (Lipinski definition) is 2. The van der Waals surface area contributed by atoms with E-state index in [0.29, 0.717) is 5.02 Å². The second-order valence-corrected chi connectivity index (χ2v) is 5.66. The molecule has 0 amide bonds. The summed E-state index contributed by atoms with van der Waals surface area (Å²) in [4.78, 5) is 7.97. The number of hydrogen-bond donors (Lipinski definition) is 2. The van der Waals surface area contributed by atoms with Crippen molar-refractivity contribution in [3.05, 3.63) is 59.5 Å². The Bertz CT molecular complexity index is 968. The predicted octanol–water partition coefficient (Wildman–Crippen LogP) is 4.58. The minimum atomic E-state index is 0.702. The number of nitrogens with one attached hydrogen (secondary N) is 2. The van der Waals surface area contributed by atoms with Crippen molar-refractivity contribution in [2.24, 2.45) is 0 Å². The van der Waals surface area contributed by atoms with Crippen LogP contribution in [0.2, 0.25) is 5.02 Å². The SMILES string of the molecule is Cc1nc(-c2cccc(Cl)c2)c(-c2ccc3cn[nH]c3c2)[nH]1. The van der Waals surface area contributed by atoms with Crippen LogP contribution in [0.1, 0.15) is 5.82 Å². The lowest BCUT2D eigenvalue weighted by molar-refractivity contribution is 1.12. The maximum atomic E-state index is 6.11. The smallest absolute Gasteiger partial charge is 0.104 e. The lowest BCUT2D eigenvalue weighted by atomic mass is 10.0. The average molecular weight is 309 g/mol. The van der Waals surface area contributed by atoms with Gasteiger partial charge >= 0.3 is 0 Å². The summed E-state index contributed by atoms with van der Waals surface area (Å²) in [5.41, 5.74) is 4.95. The molecule has 0 unspecified atom stereocenters. The molecule has 0 fully saturated rings. The van der Waals surface area contributed by atoms with E-state index in [4.69, 9.17) is 11.6 Å². The number of rotatable bonds is 2.